The van der Waals surface area contributed by atoms with Gasteiger partial charge in [-0.1, -0.05) is 5.16 Å². The molecule has 0 unspecified atom stereocenters. The topological polar surface area (TPSA) is 64.6 Å². The SMILES string of the molecule is CCn1nc(C)c2[nH]c(=S)n(Cc3c(C)noc3C)c21. The van der Waals surface area contributed by atoms with Gasteiger partial charge in [0.05, 0.1) is 17.9 Å². The fraction of sp³-hybridized carbons (Fsp3) is 0.462. The Morgan fingerprint density at radius 2 is 2.00 bits per heavy atom. The molecular formula is C13H17N5OS. The Bertz CT molecular complexity index is 816. The summed E-state index contributed by atoms with van der Waals surface area (Å²) in [4.78, 5) is 3.24. The minimum Gasteiger partial charge on any atom is -0.361 e. The van der Waals surface area contributed by atoms with Gasteiger partial charge in [0.1, 0.15) is 11.3 Å². The predicted octanol–water partition coefficient (Wildman–Crippen LogP) is 2.88. The fourth-order valence-corrected chi connectivity index (χ4v) is 2.77. The van der Waals surface area contributed by atoms with Crippen LogP contribution < -0.4 is 0 Å². The molecule has 0 fully saturated rings. The van der Waals surface area contributed by atoms with Gasteiger partial charge < -0.3 is 9.51 Å². The molecule has 0 aliphatic heterocycles. The van der Waals surface area contributed by atoms with Crippen molar-refractivity contribution in [1.82, 2.24) is 24.5 Å². The van der Waals surface area contributed by atoms with Crippen LogP contribution >= 0.6 is 12.2 Å². The van der Waals surface area contributed by atoms with Gasteiger partial charge in [0.2, 0.25) is 0 Å². The van der Waals surface area contributed by atoms with Crippen LogP contribution in [0, 0.1) is 25.5 Å². The lowest BCUT2D eigenvalue weighted by atomic mass is 10.2. The molecule has 3 heterocycles. The predicted molar refractivity (Wildman–Crippen MR) is 78.4 cm³/mol. The number of aromatic nitrogens is 5. The monoisotopic (exact) mass is 291 g/mol. The van der Waals surface area contributed by atoms with E-state index >= 15 is 0 Å². The van der Waals surface area contributed by atoms with Crippen molar-refractivity contribution in [3.8, 4) is 0 Å². The van der Waals surface area contributed by atoms with Crippen molar-refractivity contribution in [3.05, 3.63) is 27.5 Å². The Morgan fingerprint density at radius 1 is 1.25 bits per heavy atom. The highest BCUT2D eigenvalue weighted by atomic mass is 32.1. The van der Waals surface area contributed by atoms with E-state index in [0.717, 1.165) is 40.4 Å². The molecule has 20 heavy (non-hydrogen) atoms. The quantitative estimate of drug-likeness (QED) is 0.754. The summed E-state index contributed by atoms with van der Waals surface area (Å²) in [6, 6.07) is 0. The molecule has 0 spiro atoms. The second kappa shape index (κ2) is 4.59. The van der Waals surface area contributed by atoms with Gasteiger partial charge in [0.15, 0.2) is 10.4 Å². The second-order valence-electron chi connectivity index (χ2n) is 4.92. The number of hydrogen-bond donors (Lipinski definition) is 1. The third-order valence-corrected chi connectivity index (χ3v) is 3.95. The number of H-pyrrole nitrogens is 1. The molecule has 106 valence electrons. The van der Waals surface area contributed by atoms with Crippen LogP contribution in [0.2, 0.25) is 0 Å². The zero-order valence-corrected chi connectivity index (χ0v) is 12.8. The summed E-state index contributed by atoms with van der Waals surface area (Å²) in [5, 5.41) is 8.52. The Hall–Kier alpha value is -1.89. The zero-order chi connectivity index (χ0) is 14.4. The van der Waals surface area contributed by atoms with Crippen LogP contribution in [-0.4, -0.2) is 24.5 Å². The van der Waals surface area contributed by atoms with E-state index < -0.39 is 0 Å². The number of aryl methyl sites for hydroxylation is 4. The molecule has 0 saturated heterocycles. The fourth-order valence-electron chi connectivity index (χ4n) is 2.51. The van der Waals surface area contributed by atoms with Crippen LogP contribution in [0.1, 0.15) is 29.6 Å². The molecule has 0 radical (unpaired) electrons. The third-order valence-electron chi connectivity index (χ3n) is 3.63. The van der Waals surface area contributed by atoms with Gasteiger partial charge in [-0.15, -0.1) is 0 Å². The van der Waals surface area contributed by atoms with Crippen LogP contribution in [0.3, 0.4) is 0 Å². The van der Waals surface area contributed by atoms with E-state index in [1.807, 2.05) is 25.5 Å². The Kier molecular flexibility index (Phi) is 3.01. The minimum atomic E-state index is 0.644. The maximum atomic E-state index is 5.45. The average molecular weight is 291 g/mol. The van der Waals surface area contributed by atoms with Gasteiger partial charge in [-0.3, -0.25) is 4.57 Å². The van der Waals surface area contributed by atoms with E-state index in [1.165, 1.54) is 0 Å². The number of fused-ring (bicyclic) bond motifs is 1. The first-order valence-corrected chi connectivity index (χ1v) is 7.01. The summed E-state index contributed by atoms with van der Waals surface area (Å²) in [5.74, 6) is 0.832. The first-order chi connectivity index (χ1) is 9.52. The summed E-state index contributed by atoms with van der Waals surface area (Å²) in [5.41, 5.74) is 4.96. The molecular weight excluding hydrogens is 274 g/mol. The van der Waals surface area contributed by atoms with E-state index in [9.17, 15) is 0 Å². The van der Waals surface area contributed by atoms with Gasteiger partial charge in [-0.05, 0) is 39.9 Å². The molecule has 0 bridgehead atoms. The molecule has 0 saturated carbocycles. The number of aromatic amines is 1. The van der Waals surface area contributed by atoms with Crippen molar-refractivity contribution in [2.45, 2.75) is 40.8 Å². The summed E-state index contributed by atoms with van der Waals surface area (Å²) >= 11 is 5.45. The molecule has 3 aromatic rings. The van der Waals surface area contributed by atoms with E-state index in [0.29, 0.717) is 11.3 Å². The van der Waals surface area contributed by atoms with Gasteiger partial charge in [-0.2, -0.15) is 5.10 Å². The summed E-state index contributed by atoms with van der Waals surface area (Å²) in [7, 11) is 0. The minimum absolute atomic E-state index is 0.644. The third kappa shape index (κ3) is 1.81. The van der Waals surface area contributed by atoms with Crippen LogP contribution in [0.5, 0.6) is 0 Å². The van der Waals surface area contributed by atoms with Crippen molar-refractivity contribution in [2.75, 3.05) is 0 Å². The van der Waals surface area contributed by atoms with Crippen molar-refractivity contribution in [1.29, 1.82) is 0 Å². The number of nitrogens with zero attached hydrogens (tertiary/aromatic N) is 4. The molecule has 7 heteroatoms. The lowest BCUT2D eigenvalue weighted by molar-refractivity contribution is 0.392. The van der Waals surface area contributed by atoms with Gasteiger partial charge in [-0.25, -0.2) is 4.68 Å². The van der Waals surface area contributed by atoms with Crippen molar-refractivity contribution < 1.29 is 4.52 Å². The molecule has 0 amide bonds. The Morgan fingerprint density at radius 3 is 2.60 bits per heavy atom. The normalized spacial score (nSPS) is 11.6. The standard InChI is InChI=1S/C13H17N5OS/c1-5-18-12-11(8(3)15-18)14-13(20)17(12)6-10-7(2)16-19-9(10)4/h5-6H2,1-4H3,(H,14,20). The van der Waals surface area contributed by atoms with Gasteiger partial charge in [0, 0.05) is 12.1 Å². The number of imidazole rings is 1. The Labute approximate surface area is 121 Å². The van der Waals surface area contributed by atoms with Gasteiger partial charge >= 0.3 is 0 Å². The maximum Gasteiger partial charge on any atom is 0.179 e. The molecule has 0 aliphatic rings. The molecule has 3 rings (SSSR count). The second-order valence-corrected chi connectivity index (χ2v) is 5.31. The first kappa shape index (κ1) is 13.1. The smallest absolute Gasteiger partial charge is 0.179 e. The number of rotatable bonds is 3. The van der Waals surface area contributed by atoms with E-state index in [-0.39, 0.29) is 0 Å². The summed E-state index contributed by atoms with van der Waals surface area (Å²) in [6.07, 6.45) is 0. The molecule has 1 N–H and O–H groups in total. The number of hydrogen-bond acceptors (Lipinski definition) is 4. The summed E-state index contributed by atoms with van der Waals surface area (Å²) in [6.45, 7) is 9.37. The van der Waals surface area contributed by atoms with E-state index in [4.69, 9.17) is 16.7 Å². The molecule has 0 atom stereocenters. The highest BCUT2D eigenvalue weighted by Crippen LogP contribution is 2.21. The van der Waals surface area contributed by atoms with Crippen molar-refractivity contribution in [2.24, 2.45) is 0 Å². The van der Waals surface area contributed by atoms with Crippen LogP contribution in [0.15, 0.2) is 4.52 Å². The highest BCUT2D eigenvalue weighted by Gasteiger charge is 2.17. The van der Waals surface area contributed by atoms with Crippen LogP contribution in [0.4, 0.5) is 0 Å². The van der Waals surface area contributed by atoms with E-state index in [2.05, 4.69) is 26.7 Å². The molecule has 0 aliphatic carbocycles. The molecule has 6 nitrogen and oxygen atoms in total. The van der Waals surface area contributed by atoms with Gasteiger partial charge in [0.25, 0.3) is 0 Å². The van der Waals surface area contributed by atoms with Crippen LogP contribution in [-0.2, 0) is 13.1 Å². The summed E-state index contributed by atoms with van der Waals surface area (Å²) < 4.78 is 9.95. The zero-order valence-electron chi connectivity index (χ0n) is 12.0. The first-order valence-electron chi connectivity index (χ1n) is 6.60. The number of nitrogens with one attached hydrogen (secondary N) is 1. The largest absolute Gasteiger partial charge is 0.361 e. The van der Waals surface area contributed by atoms with E-state index in [1.54, 1.807) is 0 Å². The lowest BCUT2D eigenvalue weighted by Gasteiger charge is -2.05. The van der Waals surface area contributed by atoms with Crippen molar-refractivity contribution in [3.63, 3.8) is 0 Å². The highest BCUT2D eigenvalue weighted by molar-refractivity contribution is 7.71. The lowest BCUT2D eigenvalue weighted by Crippen LogP contribution is -2.07. The molecule has 0 aromatic carbocycles. The maximum absolute atomic E-state index is 5.45. The Balaban J connectivity index is 2.21. The molecule has 3 aromatic heterocycles. The average Bonchev–Trinajstić information content (AvgIpc) is 3.01. The van der Waals surface area contributed by atoms with Crippen molar-refractivity contribution >= 4 is 23.4 Å². The van der Waals surface area contributed by atoms with Crippen LogP contribution in [0.25, 0.3) is 11.2 Å².